The Labute approximate surface area is 161 Å². The number of rotatable bonds is 3. The van der Waals surface area contributed by atoms with Gasteiger partial charge in [0.1, 0.15) is 5.60 Å². The quantitative estimate of drug-likeness (QED) is 0.541. The Hall–Kier alpha value is -2.74. The second kappa shape index (κ2) is 7.48. The molecule has 0 atom stereocenters. The van der Waals surface area contributed by atoms with Crippen molar-refractivity contribution in [1.82, 2.24) is 9.27 Å². The molecule has 0 fully saturated rings. The lowest BCUT2D eigenvalue weighted by Gasteiger charge is -2.31. The van der Waals surface area contributed by atoms with E-state index in [1.54, 1.807) is 33.0 Å². The van der Waals surface area contributed by atoms with Crippen molar-refractivity contribution in [2.45, 2.75) is 39.2 Å². The summed E-state index contributed by atoms with van der Waals surface area (Å²) in [6.45, 7) is 5.86. The number of benzene rings is 1. The Morgan fingerprint density at radius 2 is 2.11 bits per heavy atom. The number of allylic oxidation sites excluding steroid dienone is 1. The van der Waals surface area contributed by atoms with Crippen molar-refractivity contribution in [3.63, 3.8) is 0 Å². The summed E-state index contributed by atoms with van der Waals surface area (Å²) in [5.41, 5.74) is 0.995. The Morgan fingerprint density at radius 3 is 2.74 bits per heavy atom. The van der Waals surface area contributed by atoms with E-state index in [0.29, 0.717) is 17.8 Å². The first-order chi connectivity index (χ1) is 12.8. The molecule has 3 rings (SSSR count). The van der Waals surface area contributed by atoms with Gasteiger partial charge in [-0.2, -0.15) is 0 Å². The molecule has 8 heteroatoms. The lowest BCUT2D eigenvalue weighted by atomic mass is 10.0. The molecule has 1 amide bonds. The Balaban J connectivity index is 2.01. The van der Waals surface area contributed by atoms with Crippen LogP contribution in [0.2, 0.25) is 0 Å². The number of nitro benzene ring substituents is 1. The fourth-order valence-corrected chi connectivity index (χ4v) is 3.49. The van der Waals surface area contributed by atoms with Crippen LogP contribution in [0.3, 0.4) is 0 Å². The van der Waals surface area contributed by atoms with Crippen LogP contribution in [0.15, 0.2) is 36.5 Å². The molecule has 1 aliphatic rings. The van der Waals surface area contributed by atoms with Crippen LogP contribution in [0.5, 0.6) is 0 Å². The van der Waals surface area contributed by atoms with E-state index in [4.69, 9.17) is 4.74 Å². The van der Waals surface area contributed by atoms with Crippen LogP contribution in [0.25, 0.3) is 16.1 Å². The lowest BCUT2D eigenvalue weighted by molar-refractivity contribution is -0.385. The van der Waals surface area contributed by atoms with E-state index in [1.165, 1.54) is 22.5 Å². The topological polar surface area (TPSA) is 85.6 Å². The summed E-state index contributed by atoms with van der Waals surface area (Å²) in [6.07, 6.45) is 4.57. The average molecular weight is 387 g/mol. The smallest absolute Gasteiger partial charge is 0.414 e. The predicted octanol–water partition coefficient (Wildman–Crippen LogP) is 5.09. The molecule has 0 N–H and O–H groups in total. The maximum atomic E-state index is 12.6. The summed E-state index contributed by atoms with van der Waals surface area (Å²) in [6, 6.07) is 6.86. The minimum atomic E-state index is -0.637. The highest BCUT2D eigenvalue weighted by Crippen LogP contribution is 2.36. The normalized spacial score (nSPS) is 14.6. The third-order valence-corrected chi connectivity index (χ3v) is 4.82. The number of nitro groups is 1. The molecule has 1 aromatic heterocycles. The van der Waals surface area contributed by atoms with Crippen LogP contribution in [0.1, 0.15) is 39.2 Å². The van der Waals surface area contributed by atoms with Gasteiger partial charge in [0.2, 0.25) is 0 Å². The zero-order chi connectivity index (χ0) is 19.6. The Morgan fingerprint density at radius 1 is 1.33 bits per heavy atom. The highest BCUT2D eigenvalue weighted by atomic mass is 32.1. The van der Waals surface area contributed by atoms with E-state index in [0.717, 1.165) is 23.3 Å². The molecule has 0 aliphatic carbocycles. The molecule has 0 unspecified atom stereocenters. The molecule has 0 spiro atoms. The van der Waals surface area contributed by atoms with Gasteiger partial charge in [-0.25, -0.2) is 9.17 Å². The maximum absolute atomic E-state index is 12.6. The van der Waals surface area contributed by atoms with Gasteiger partial charge in [-0.3, -0.25) is 15.0 Å². The van der Waals surface area contributed by atoms with E-state index >= 15 is 0 Å². The van der Waals surface area contributed by atoms with Gasteiger partial charge in [-0.15, -0.1) is 0 Å². The minimum absolute atomic E-state index is 0.0393. The molecule has 2 heterocycles. The highest BCUT2D eigenvalue weighted by molar-refractivity contribution is 7.09. The van der Waals surface area contributed by atoms with Gasteiger partial charge in [0, 0.05) is 24.4 Å². The van der Waals surface area contributed by atoms with Crippen molar-refractivity contribution in [3.8, 4) is 10.4 Å². The number of hydrogen-bond acceptors (Lipinski definition) is 6. The van der Waals surface area contributed by atoms with Crippen molar-refractivity contribution >= 4 is 29.0 Å². The van der Waals surface area contributed by atoms with Crippen molar-refractivity contribution in [3.05, 3.63) is 52.2 Å². The molecule has 2 aromatic rings. The number of nitrogens with zero attached hydrogens (tertiary/aromatic N) is 3. The lowest BCUT2D eigenvalue weighted by Crippen LogP contribution is -2.37. The third kappa shape index (κ3) is 4.33. The Kier molecular flexibility index (Phi) is 5.27. The molecule has 1 aliphatic heterocycles. The molecular formula is C19H21N3O4S. The van der Waals surface area contributed by atoms with E-state index in [-0.39, 0.29) is 5.69 Å². The molecule has 7 nitrogen and oxygen atoms in total. The van der Waals surface area contributed by atoms with Crippen molar-refractivity contribution < 1.29 is 14.5 Å². The number of ether oxygens (including phenoxy) is 1. The third-order valence-electron chi connectivity index (χ3n) is 4.02. The standard InChI is InChI=1S/C19H21N3O4S/c1-19(2,3)26-18(23)21-11-5-4-6-15(21)14-8-7-13(12-16(14)22(24)25)17-9-10-20-27-17/h6-10,12H,4-5,11H2,1-3H3. The average Bonchev–Trinajstić information content (AvgIpc) is 3.14. The zero-order valence-corrected chi connectivity index (χ0v) is 16.3. The van der Waals surface area contributed by atoms with Gasteiger partial charge in [-0.1, -0.05) is 12.1 Å². The zero-order valence-electron chi connectivity index (χ0n) is 15.5. The summed E-state index contributed by atoms with van der Waals surface area (Å²) in [5.74, 6) is 0. The highest BCUT2D eigenvalue weighted by Gasteiger charge is 2.30. The number of aromatic nitrogens is 1. The van der Waals surface area contributed by atoms with Crippen LogP contribution < -0.4 is 0 Å². The number of carbonyl (C=O) groups excluding carboxylic acids is 1. The first kappa shape index (κ1) is 19.0. The number of carbonyl (C=O) groups is 1. The van der Waals surface area contributed by atoms with E-state index in [9.17, 15) is 14.9 Å². The summed E-state index contributed by atoms with van der Waals surface area (Å²) < 4.78 is 9.53. The summed E-state index contributed by atoms with van der Waals surface area (Å²) >= 11 is 1.28. The van der Waals surface area contributed by atoms with Crippen LogP contribution in [0, 0.1) is 10.1 Å². The van der Waals surface area contributed by atoms with Crippen LogP contribution >= 0.6 is 11.5 Å². The molecule has 142 valence electrons. The minimum Gasteiger partial charge on any atom is -0.443 e. The number of amides is 1. The maximum Gasteiger partial charge on any atom is 0.414 e. The summed E-state index contributed by atoms with van der Waals surface area (Å²) in [5, 5.41) is 11.7. The van der Waals surface area contributed by atoms with E-state index in [1.807, 2.05) is 18.2 Å². The first-order valence-electron chi connectivity index (χ1n) is 8.67. The molecule has 27 heavy (non-hydrogen) atoms. The predicted molar refractivity (Wildman–Crippen MR) is 104 cm³/mol. The second-order valence-electron chi connectivity index (χ2n) is 7.23. The molecule has 1 aromatic carbocycles. The first-order valence-corrected chi connectivity index (χ1v) is 9.44. The molecular weight excluding hydrogens is 366 g/mol. The van der Waals surface area contributed by atoms with Crippen molar-refractivity contribution in [1.29, 1.82) is 0 Å². The van der Waals surface area contributed by atoms with Crippen LogP contribution in [-0.2, 0) is 4.74 Å². The van der Waals surface area contributed by atoms with Crippen LogP contribution in [-0.4, -0.2) is 32.4 Å². The van der Waals surface area contributed by atoms with Crippen molar-refractivity contribution in [2.75, 3.05) is 6.54 Å². The number of hydrogen-bond donors (Lipinski definition) is 0. The molecule has 0 bridgehead atoms. The van der Waals surface area contributed by atoms with Gasteiger partial charge >= 0.3 is 6.09 Å². The summed E-state index contributed by atoms with van der Waals surface area (Å²) in [7, 11) is 0. The van der Waals surface area contributed by atoms with Gasteiger partial charge in [0.15, 0.2) is 0 Å². The Bertz CT molecular complexity index is 885. The van der Waals surface area contributed by atoms with Gasteiger partial charge in [0.25, 0.3) is 5.69 Å². The van der Waals surface area contributed by atoms with Gasteiger partial charge < -0.3 is 4.74 Å². The SMILES string of the molecule is CC(C)(C)OC(=O)N1CCCC=C1c1ccc(-c2ccns2)cc1[N+](=O)[O-]. The fourth-order valence-electron chi connectivity index (χ4n) is 2.90. The van der Waals surface area contributed by atoms with E-state index in [2.05, 4.69) is 4.37 Å². The van der Waals surface area contributed by atoms with Gasteiger partial charge in [-0.05, 0) is 57.3 Å². The van der Waals surface area contributed by atoms with E-state index < -0.39 is 16.6 Å². The monoisotopic (exact) mass is 387 g/mol. The van der Waals surface area contributed by atoms with Crippen molar-refractivity contribution in [2.24, 2.45) is 0 Å². The second-order valence-corrected chi connectivity index (χ2v) is 8.06. The largest absolute Gasteiger partial charge is 0.443 e. The molecule has 0 saturated carbocycles. The van der Waals surface area contributed by atoms with Crippen LogP contribution in [0.4, 0.5) is 10.5 Å². The fraction of sp³-hybridized carbons (Fsp3) is 0.368. The summed E-state index contributed by atoms with van der Waals surface area (Å²) in [4.78, 5) is 26.3. The molecule has 0 saturated heterocycles. The van der Waals surface area contributed by atoms with Gasteiger partial charge in [0.05, 0.1) is 21.1 Å². The molecule has 0 radical (unpaired) electrons.